The van der Waals surface area contributed by atoms with Crippen molar-refractivity contribution in [3.63, 3.8) is 0 Å². The summed E-state index contributed by atoms with van der Waals surface area (Å²) in [4.78, 5) is 12.3. The van der Waals surface area contributed by atoms with Crippen molar-refractivity contribution in [2.24, 2.45) is 0 Å². The number of furan rings is 1. The molecule has 1 aromatic heterocycles. The van der Waals surface area contributed by atoms with Crippen LogP contribution in [-0.2, 0) is 6.61 Å². The highest BCUT2D eigenvalue weighted by Gasteiger charge is 2.12. The van der Waals surface area contributed by atoms with Crippen LogP contribution in [-0.4, -0.2) is 11.0 Å². The summed E-state index contributed by atoms with van der Waals surface area (Å²) in [5, 5.41) is 12.5. The summed E-state index contributed by atoms with van der Waals surface area (Å²) in [6.45, 7) is 1.79. The maximum absolute atomic E-state index is 12.3. The minimum Gasteiger partial charge on any atom is -0.459 e. The first-order chi connectivity index (χ1) is 11.6. The van der Waals surface area contributed by atoms with E-state index in [1.165, 1.54) is 0 Å². The third kappa shape index (κ3) is 3.50. The average Bonchev–Trinajstić information content (AvgIpc) is 3.06. The topological polar surface area (TPSA) is 62.5 Å². The zero-order chi connectivity index (χ0) is 17.1. The van der Waals surface area contributed by atoms with Gasteiger partial charge in [0.2, 0.25) is 0 Å². The number of halogens is 1. The molecule has 3 aromatic rings. The second kappa shape index (κ2) is 6.91. The molecule has 0 bridgehead atoms. The van der Waals surface area contributed by atoms with Gasteiger partial charge in [-0.05, 0) is 49.4 Å². The van der Waals surface area contributed by atoms with Crippen molar-refractivity contribution in [3.8, 4) is 11.3 Å². The molecular formula is C19H16ClNO3. The lowest BCUT2D eigenvalue weighted by Gasteiger charge is -2.08. The summed E-state index contributed by atoms with van der Waals surface area (Å²) in [5.41, 5.74) is 2.94. The second-order valence-corrected chi connectivity index (χ2v) is 5.85. The van der Waals surface area contributed by atoms with Crippen LogP contribution in [0.15, 0.2) is 59.0 Å². The van der Waals surface area contributed by atoms with Crippen LogP contribution in [0.5, 0.6) is 0 Å². The number of hydrogen-bond donors (Lipinski definition) is 2. The number of hydrogen-bond acceptors (Lipinski definition) is 3. The fourth-order valence-corrected chi connectivity index (χ4v) is 2.52. The van der Waals surface area contributed by atoms with Crippen LogP contribution in [0.4, 0.5) is 5.69 Å². The first-order valence-electron chi connectivity index (χ1n) is 7.44. The van der Waals surface area contributed by atoms with Gasteiger partial charge in [0.25, 0.3) is 5.91 Å². The quantitative estimate of drug-likeness (QED) is 0.725. The molecule has 4 nitrogen and oxygen atoms in total. The standard InChI is InChI=1S/C19H16ClNO3/c1-12-2-4-13(5-3-12)19(23)21-14-6-8-17(20)16(10-14)18-9-7-15(11-22)24-18/h2-10,22H,11H2,1H3,(H,21,23). The Balaban J connectivity index is 1.85. The van der Waals surface area contributed by atoms with E-state index < -0.39 is 0 Å². The van der Waals surface area contributed by atoms with E-state index >= 15 is 0 Å². The predicted octanol–water partition coefficient (Wildman–Crippen LogP) is 4.65. The van der Waals surface area contributed by atoms with Gasteiger partial charge in [-0.15, -0.1) is 0 Å². The number of aliphatic hydroxyl groups is 1. The van der Waals surface area contributed by atoms with E-state index in [2.05, 4.69) is 5.32 Å². The molecule has 2 aromatic carbocycles. The minimum absolute atomic E-state index is 0.179. The van der Waals surface area contributed by atoms with Gasteiger partial charge in [-0.2, -0.15) is 0 Å². The Morgan fingerprint density at radius 3 is 2.54 bits per heavy atom. The van der Waals surface area contributed by atoms with Gasteiger partial charge >= 0.3 is 0 Å². The van der Waals surface area contributed by atoms with Crippen LogP contribution in [0.2, 0.25) is 5.02 Å². The van der Waals surface area contributed by atoms with Crippen molar-refractivity contribution in [2.75, 3.05) is 5.32 Å². The van der Waals surface area contributed by atoms with Crippen LogP contribution < -0.4 is 5.32 Å². The molecule has 0 aliphatic heterocycles. The number of amides is 1. The van der Waals surface area contributed by atoms with Crippen LogP contribution in [0.25, 0.3) is 11.3 Å². The summed E-state index contributed by atoms with van der Waals surface area (Å²) < 4.78 is 5.51. The number of nitrogens with one attached hydrogen (secondary N) is 1. The molecule has 0 atom stereocenters. The third-order valence-electron chi connectivity index (χ3n) is 3.62. The fraction of sp³-hybridized carbons (Fsp3) is 0.105. The predicted molar refractivity (Wildman–Crippen MR) is 94.2 cm³/mol. The maximum atomic E-state index is 12.3. The lowest BCUT2D eigenvalue weighted by atomic mass is 10.1. The Kier molecular flexibility index (Phi) is 4.69. The van der Waals surface area contributed by atoms with Gasteiger partial charge in [-0.1, -0.05) is 29.3 Å². The normalized spacial score (nSPS) is 10.6. The van der Waals surface area contributed by atoms with Gasteiger partial charge in [0.15, 0.2) is 0 Å². The third-order valence-corrected chi connectivity index (χ3v) is 3.95. The second-order valence-electron chi connectivity index (χ2n) is 5.44. The summed E-state index contributed by atoms with van der Waals surface area (Å²) >= 11 is 6.22. The molecule has 0 aliphatic carbocycles. The number of benzene rings is 2. The Labute approximate surface area is 144 Å². The number of aryl methyl sites for hydroxylation is 1. The van der Waals surface area contributed by atoms with Crippen LogP contribution in [0.3, 0.4) is 0 Å². The monoisotopic (exact) mass is 341 g/mol. The summed E-state index contributed by atoms with van der Waals surface area (Å²) in [6.07, 6.45) is 0. The molecule has 3 rings (SSSR count). The van der Waals surface area contributed by atoms with Crippen molar-refractivity contribution in [1.82, 2.24) is 0 Å². The number of carbonyl (C=O) groups is 1. The van der Waals surface area contributed by atoms with Crippen LogP contribution in [0, 0.1) is 6.92 Å². The van der Waals surface area contributed by atoms with E-state index in [0.29, 0.717) is 33.4 Å². The zero-order valence-electron chi connectivity index (χ0n) is 13.0. The molecule has 0 saturated carbocycles. The summed E-state index contributed by atoms with van der Waals surface area (Å²) in [7, 11) is 0. The van der Waals surface area contributed by atoms with Gasteiger partial charge in [-0.3, -0.25) is 4.79 Å². The molecule has 1 amide bonds. The molecular weight excluding hydrogens is 326 g/mol. The highest BCUT2D eigenvalue weighted by molar-refractivity contribution is 6.33. The smallest absolute Gasteiger partial charge is 0.255 e. The van der Waals surface area contributed by atoms with E-state index in [4.69, 9.17) is 21.1 Å². The van der Waals surface area contributed by atoms with Crippen molar-refractivity contribution in [3.05, 3.63) is 76.5 Å². The van der Waals surface area contributed by atoms with Gasteiger partial charge in [-0.25, -0.2) is 0 Å². The van der Waals surface area contributed by atoms with Crippen molar-refractivity contribution < 1.29 is 14.3 Å². The van der Waals surface area contributed by atoms with E-state index in [0.717, 1.165) is 5.56 Å². The van der Waals surface area contributed by atoms with Gasteiger partial charge in [0.05, 0.1) is 5.02 Å². The molecule has 0 spiro atoms. The summed E-state index contributed by atoms with van der Waals surface area (Å²) in [5.74, 6) is 0.796. The van der Waals surface area contributed by atoms with Gasteiger partial charge in [0, 0.05) is 16.8 Å². The molecule has 24 heavy (non-hydrogen) atoms. The van der Waals surface area contributed by atoms with Crippen molar-refractivity contribution in [1.29, 1.82) is 0 Å². The first-order valence-corrected chi connectivity index (χ1v) is 7.82. The number of rotatable bonds is 4. The first kappa shape index (κ1) is 16.3. The lowest BCUT2D eigenvalue weighted by Crippen LogP contribution is -2.11. The Bertz CT molecular complexity index is 869. The molecule has 122 valence electrons. The molecule has 0 fully saturated rings. The number of carbonyl (C=O) groups excluding carboxylic acids is 1. The Morgan fingerprint density at radius 2 is 1.88 bits per heavy atom. The van der Waals surface area contributed by atoms with Gasteiger partial charge < -0.3 is 14.8 Å². The van der Waals surface area contributed by atoms with Crippen LogP contribution in [0.1, 0.15) is 21.7 Å². The Hall–Kier alpha value is -2.56. The highest BCUT2D eigenvalue weighted by atomic mass is 35.5. The minimum atomic E-state index is -0.196. The van der Waals surface area contributed by atoms with Gasteiger partial charge in [0.1, 0.15) is 18.1 Å². The number of anilines is 1. The highest BCUT2D eigenvalue weighted by Crippen LogP contribution is 2.32. The Morgan fingerprint density at radius 1 is 1.12 bits per heavy atom. The van der Waals surface area contributed by atoms with Crippen molar-refractivity contribution in [2.45, 2.75) is 13.5 Å². The molecule has 2 N–H and O–H groups in total. The van der Waals surface area contributed by atoms with Crippen LogP contribution >= 0.6 is 11.6 Å². The number of aliphatic hydroxyl groups excluding tert-OH is 1. The SMILES string of the molecule is Cc1ccc(C(=O)Nc2ccc(Cl)c(-c3ccc(CO)o3)c2)cc1. The van der Waals surface area contributed by atoms with E-state index in [1.807, 2.05) is 19.1 Å². The average molecular weight is 342 g/mol. The summed E-state index contributed by atoms with van der Waals surface area (Å²) in [6, 6.07) is 15.9. The van der Waals surface area contributed by atoms with E-state index in [-0.39, 0.29) is 12.5 Å². The molecule has 0 saturated heterocycles. The molecule has 0 unspecified atom stereocenters. The molecule has 5 heteroatoms. The molecule has 0 aliphatic rings. The maximum Gasteiger partial charge on any atom is 0.255 e. The fourth-order valence-electron chi connectivity index (χ4n) is 2.31. The van der Waals surface area contributed by atoms with E-state index in [9.17, 15) is 4.79 Å². The van der Waals surface area contributed by atoms with E-state index in [1.54, 1.807) is 42.5 Å². The largest absolute Gasteiger partial charge is 0.459 e. The van der Waals surface area contributed by atoms with Crippen molar-refractivity contribution >= 4 is 23.2 Å². The lowest BCUT2D eigenvalue weighted by molar-refractivity contribution is 0.102. The molecule has 1 heterocycles. The zero-order valence-corrected chi connectivity index (χ0v) is 13.8. The molecule has 0 radical (unpaired) electrons.